The summed E-state index contributed by atoms with van der Waals surface area (Å²) in [6.45, 7) is 2.03. The number of rotatable bonds is 4. The van der Waals surface area contributed by atoms with E-state index in [-0.39, 0.29) is 0 Å². The molecule has 6 heteroatoms. The molecule has 0 aliphatic carbocycles. The number of aryl methyl sites for hydroxylation is 1. The van der Waals surface area contributed by atoms with Gasteiger partial charge >= 0.3 is 0 Å². The lowest BCUT2D eigenvalue weighted by molar-refractivity contribution is 1.06. The molecule has 0 radical (unpaired) electrons. The van der Waals surface area contributed by atoms with Crippen LogP contribution in [0.5, 0.6) is 0 Å². The maximum Gasteiger partial charge on any atom is 0.232 e. The van der Waals surface area contributed by atoms with Gasteiger partial charge in [0.2, 0.25) is 11.9 Å². The lowest BCUT2D eigenvalue weighted by Gasteiger charge is -2.08. The van der Waals surface area contributed by atoms with Crippen molar-refractivity contribution in [1.82, 2.24) is 15.0 Å². The zero-order chi connectivity index (χ0) is 15.4. The van der Waals surface area contributed by atoms with Crippen molar-refractivity contribution in [2.24, 2.45) is 0 Å². The van der Waals surface area contributed by atoms with Crippen molar-refractivity contribution in [1.29, 1.82) is 0 Å². The summed E-state index contributed by atoms with van der Waals surface area (Å²) in [6.07, 6.45) is 1.46. The van der Waals surface area contributed by atoms with Gasteiger partial charge in [-0.15, -0.1) is 0 Å². The highest BCUT2D eigenvalue weighted by molar-refractivity contribution is 6.30. The van der Waals surface area contributed by atoms with E-state index < -0.39 is 0 Å². The SMILES string of the molecule is Cc1cccc(Nc2ncnc(Nc3ccc(Cl)cc3)n2)c1. The van der Waals surface area contributed by atoms with Gasteiger partial charge in [0.15, 0.2) is 0 Å². The molecule has 0 aliphatic heterocycles. The molecular weight excluding hydrogens is 298 g/mol. The van der Waals surface area contributed by atoms with Gasteiger partial charge in [0.05, 0.1) is 0 Å². The fourth-order valence-electron chi connectivity index (χ4n) is 1.93. The fraction of sp³-hybridized carbons (Fsp3) is 0.0625. The van der Waals surface area contributed by atoms with Crippen LogP contribution in [0.2, 0.25) is 5.02 Å². The van der Waals surface area contributed by atoms with Crippen molar-refractivity contribution in [3.05, 3.63) is 65.4 Å². The van der Waals surface area contributed by atoms with Crippen LogP contribution in [0.15, 0.2) is 54.9 Å². The van der Waals surface area contributed by atoms with Gasteiger partial charge in [0, 0.05) is 16.4 Å². The summed E-state index contributed by atoms with van der Waals surface area (Å²) in [4.78, 5) is 12.6. The molecule has 0 saturated heterocycles. The van der Waals surface area contributed by atoms with Gasteiger partial charge in [0.25, 0.3) is 0 Å². The second-order valence-corrected chi connectivity index (χ2v) is 5.20. The van der Waals surface area contributed by atoms with Gasteiger partial charge in [-0.3, -0.25) is 0 Å². The Balaban J connectivity index is 1.76. The number of nitrogens with zero attached hydrogens (tertiary/aromatic N) is 3. The lowest BCUT2D eigenvalue weighted by Crippen LogP contribution is -2.02. The summed E-state index contributed by atoms with van der Waals surface area (Å²) in [7, 11) is 0. The van der Waals surface area contributed by atoms with Crippen molar-refractivity contribution < 1.29 is 0 Å². The first-order valence-corrected chi connectivity index (χ1v) is 7.12. The van der Waals surface area contributed by atoms with Crippen LogP contribution < -0.4 is 10.6 Å². The molecule has 0 aliphatic rings. The Morgan fingerprint density at radius 3 is 2.23 bits per heavy atom. The minimum atomic E-state index is 0.465. The molecule has 22 heavy (non-hydrogen) atoms. The van der Waals surface area contributed by atoms with Gasteiger partial charge in [-0.2, -0.15) is 4.98 Å². The van der Waals surface area contributed by atoms with Crippen molar-refractivity contribution >= 4 is 34.9 Å². The van der Waals surface area contributed by atoms with Gasteiger partial charge < -0.3 is 10.6 Å². The standard InChI is InChI=1S/C16H14ClN5/c1-11-3-2-4-14(9-11)21-16-19-10-18-15(22-16)20-13-7-5-12(17)6-8-13/h2-10H,1H3,(H2,18,19,20,21,22). The third-order valence-corrected chi connectivity index (χ3v) is 3.20. The minimum Gasteiger partial charge on any atom is -0.324 e. The van der Waals surface area contributed by atoms with E-state index in [0.29, 0.717) is 16.9 Å². The highest BCUT2D eigenvalue weighted by atomic mass is 35.5. The van der Waals surface area contributed by atoms with Crippen LogP contribution in [0.3, 0.4) is 0 Å². The van der Waals surface area contributed by atoms with Crippen LogP contribution in [0.4, 0.5) is 23.3 Å². The monoisotopic (exact) mass is 311 g/mol. The van der Waals surface area contributed by atoms with Crippen molar-refractivity contribution in [2.45, 2.75) is 6.92 Å². The number of hydrogen-bond donors (Lipinski definition) is 2. The van der Waals surface area contributed by atoms with Crippen molar-refractivity contribution in [2.75, 3.05) is 10.6 Å². The molecule has 1 aromatic heterocycles. The van der Waals surface area contributed by atoms with Crippen LogP contribution in [-0.4, -0.2) is 15.0 Å². The van der Waals surface area contributed by atoms with Crippen LogP contribution in [-0.2, 0) is 0 Å². The molecule has 0 bridgehead atoms. The predicted molar refractivity (Wildman–Crippen MR) is 89.0 cm³/mol. The molecular formula is C16H14ClN5. The molecule has 0 amide bonds. The van der Waals surface area contributed by atoms with Gasteiger partial charge in [-0.25, -0.2) is 9.97 Å². The Bertz CT molecular complexity index is 773. The average molecular weight is 312 g/mol. The zero-order valence-electron chi connectivity index (χ0n) is 11.9. The molecule has 3 rings (SSSR count). The number of benzene rings is 2. The molecule has 1 heterocycles. The largest absolute Gasteiger partial charge is 0.324 e. The third-order valence-electron chi connectivity index (χ3n) is 2.95. The van der Waals surface area contributed by atoms with Gasteiger partial charge in [-0.1, -0.05) is 23.7 Å². The number of aromatic nitrogens is 3. The van der Waals surface area contributed by atoms with E-state index in [1.165, 1.54) is 11.9 Å². The highest BCUT2D eigenvalue weighted by Gasteiger charge is 2.02. The minimum absolute atomic E-state index is 0.465. The average Bonchev–Trinajstić information content (AvgIpc) is 2.50. The van der Waals surface area contributed by atoms with E-state index in [1.54, 1.807) is 12.1 Å². The quantitative estimate of drug-likeness (QED) is 0.751. The van der Waals surface area contributed by atoms with Crippen LogP contribution in [0, 0.1) is 6.92 Å². The summed E-state index contributed by atoms with van der Waals surface area (Å²) in [5.41, 5.74) is 2.96. The second kappa shape index (κ2) is 6.41. The topological polar surface area (TPSA) is 62.7 Å². The Kier molecular flexibility index (Phi) is 4.16. The number of halogens is 1. The van der Waals surface area contributed by atoms with E-state index in [0.717, 1.165) is 11.4 Å². The summed E-state index contributed by atoms with van der Waals surface area (Å²) in [5, 5.41) is 6.95. The molecule has 0 spiro atoms. The first-order chi connectivity index (χ1) is 10.7. The Morgan fingerprint density at radius 2 is 1.55 bits per heavy atom. The Morgan fingerprint density at radius 1 is 0.864 bits per heavy atom. The maximum absolute atomic E-state index is 5.86. The molecule has 0 unspecified atom stereocenters. The number of anilines is 4. The third kappa shape index (κ3) is 3.71. The summed E-state index contributed by atoms with van der Waals surface area (Å²) in [6, 6.07) is 15.3. The van der Waals surface area contributed by atoms with E-state index in [2.05, 4.69) is 25.6 Å². The van der Waals surface area contributed by atoms with Gasteiger partial charge in [-0.05, 0) is 48.9 Å². The van der Waals surface area contributed by atoms with Gasteiger partial charge in [0.1, 0.15) is 6.33 Å². The van der Waals surface area contributed by atoms with E-state index in [9.17, 15) is 0 Å². The predicted octanol–water partition coefficient (Wildman–Crippen LogP) is 4.32. The molecule has 2 aromatic carbocycles. The summed E-state index contributed by atoms with van der Waals surface area (Å²) < 4.78 is 0. The maximum atomic E-state index is 5.86. The number of hydrogen-bond acceptors (Lipinski definition) is 5. The Hall–Kier alpha value is -2.66. The zero-order valence-corrected chi connectivity index (χ0v) is 12.7. The van der Waals surface area contributed by atoms with E-state index in [4.69, 9.17) is 11.6 Å². The van der Waals surface area contributed by atoms with Crippen LogP contribution in [0.25, 0.3) is 0 Å². The first kappa shape index (κ1) is 14.3. The smallest absolute Gasteiger partial charge is 0.232 e. The molecule has 3 aromatic rings. The highest BCUT2D eigenvalue weighted by Crippen LogP contribution is 2.18. The Labute approximate surface area is 133 Å². The lowest BCUT2D eigenvalue weighted by atomic mass is 10.2. The normalized spacial score (nSPS) is 10.3. The molecule has 2 N–H and O–H groups in total. The summed E-state index contributed by atoms with van der Waals surface area (Å²) >= 11 is 5.86. The number of nitrogens with one attached hydrogen (secondary N) is 2. The molecule has 0 saturated carbocycles. The van der Waals surface area contributed by atoms with Crippen molar-refractivity contribution in [3.8, 4) is 0 Å². The van der Waals surface area contributed by atoms with E-state index >= 15 is 0 Å². The van der Waals surface area contributed by atoms with Crippen LogP contribution >= 0.6 is 11.6 Å². The van der Waals surface area contributed by atoms with Crippen molar-refractivity contribution in [3.63, 3.8) is 0 Å². The first-order valence-electron chi connectivity index (χ1n) is 6.74. The second-order valence-electron chi connectivity index (χ2n) is 4.76. The van der Waals surface area contributed by atoms with E-state index in [1.807, 2.05) is 43.3 Å². The van der Waals surface area contributed by atoms with Crippen LogP contribution in [0.1, 0.15) is 5.56 Å². The molecule has 0 atom stereocenters. The molecule has 5 nitrogen and oxygen atoms in total. The molecule has 110 valence electrons. The molecule has 0 fully saturated rings. The summed E-state index contributed by atoms with van der Waals surface area (Å²) in [5.74, 6) is 0.949. The fourth-order valence-corrected chi connectivity index (χ4v) is 2.06.